The molecule has 0 aliphatic carbocycles. The van der Waals surface area contributed by atoms with Gasteiger partial charge in [0.05, 0.1) is 6.04 Å². The van der Waals surface area contributed by atoms with Gasteiger partial charge in [0, 0.05) is 17.7 Å². The van der Waals surface area contributed by atoms with Crippen molar-refractivity contribution in [2.24, 2.45) is 5.10 Å². The highest BCUT2D eigenvalue weighted by Gasteiger charge is 2.20. The van der Waals surface area contributed by atoms with Crippen molar-refractivity contribution in [1.82, 2.24) is 10.7 Å². The Morgan fingerprint density at radius 2 is 2.33 bits per heavy atom. The molecule has 2 amide bonds. The highest BCUT2D eigenvalue weighted by Crippen LogP contribution is 2.17. The number of nitrogens with zero attached hydrogens (tertiary/aromatic N) is 1. The SMILES string of the molecule is C[C@@H](NC(=O)COC(=O)C1=NNC(=O)CC1)c1cccs1. The topological polar surface area (TPSA) is 96.9 Å². The Kier molecular flexibility index (Phi) is 5.04. The van der Waals surface area contributed by atoms with E-state index < -0.39 is 5.97 Å². The Bertz CT molecular complexity index is 568. The molecule has 21 heavy (non-hydrogen) atoms. The first-order valence-corrected chi connectivity index (χ1v) is 7.29. The van der Waals surface area contributed by atoms with E-state index in [0.717, 1.165) is 4.88 Å². The molecule has 8 heteroatoms. The quantitative estimate of drug-likeness (QED) is 0.784. The third-order valence-corrected chi connectivity index (χ3v) is 3.88. The molecular formula is C13H15N3O4S. The van der Waals surface area contributed by atoms with Crippen LogP contribution in [0.4, 0.5) is 0 Å². The minimum absolute atomic E-state index is 0.119. The second-order valence-electron chi connectivity index (χ2n) is 4.47. The van der Waals surface area contributed by atoms with Gasteiger partial charge < -0.3 is 10.1 Å². The predicted octanol–water partition coefficient (Wildman–Crippen LogP) is 0.735. The molecule has 1 aliphatic heterocycles. The number of carbonyl (C=O) groups is 3. The van der Waals surface area contributed by atoms with Crippen molar-refractivity contribution >= 4 is 34.8 Å². The van der Waals surface area contributed by atoms with Gasteiger partial charge >= 0.3 is 5.97 Å². The number of hydrogen-bond acceptors (Lipinski definition) is 6. The summed E-state index contributed by atoms with van der Waals surface area (Å²) in [6.45, 7) is 1.48. The highest BCUT2D eigenvalue weighted by molar-refractivity contribution is 7.10. The van der Waals surface area contributed by atoms with Gasteiger partial charge in [-0.05, 0) is 18.4 Å². The van der Waals surface area contributed by atoms with E-state index in [0.29, 0.717) is 0 Å². The number of thiophene rings is 1. The summed E-state index contributed by atoms with van der Waals surface area (Å²) >= 11 is 1.54. The fourth-order valence-corrected chi connectivity index (χ4v) is 2.46. The van der Waals surface area contributed by atoms with Crippen molar-refractivity contribution in [2.45, 2.75) is 25.8 Å². The molecule has 1 aromatic rings. The van der Waals surface area contributed by atoms with Gasteiger partial charge in [-0.2, -0.15) is 5.10 Å². The second kappa shape index (κ2) is 6.98. The van der Waals surface area contributed by atoms with Crippen LogP contribution in [0.2, 0.25) is 0 Å². The fourth-order valence-electron chi connectivity index (χ4n) is 1.73. The van der Waals surface area contributed by atoms with Crippen molar-refractivity contribution < 1.29 is 19.1 Å². The van der Waals surface area contributed by atoms with E-state index in [4.69, 9.17) is 4.74 Å². The first-order valence-electron chi connectivity index (χ1n) is 6.41. The van der Waals surface area contributed by atoms with Crippen molar-refractivity contribution in [2.75, 3.05) is 6.61 Å². The molecule has 0 fully saturated rings. The monoisotopic (exact) mass is 309 g/mol. The van der Waals surface area contributed by atoms with Gasteiger partial charge in [0.25, 0.3) is 5.91 Å². The van der Waals surface area contributed by atoms with E-state index >= 15 is 0 Å². The molecular weight excluding hydrogens is 294 g/mol. The number of rotatable bonds is 5. The molecule has 0 spiro atoms. The number of carbonyl (C=O) groups excluding carboxylic acids is 3. The van der Waals surface area contributed by atoms with Crippen LogP contribution in [0, 0.1) is 0 Å². The zero-order valence-corrected chi connectivity index (χ0v) is 12.2. The van der Waals surface area contributed by atoms with Gasteiger partial charge in [-0.25, -0.2) is 10.2 Å². The summed E-state index contributed by atoms with van der Waals surface area (Å²) in [7, 11) is 0. The Balaban J connectivity index is 1.76. The average molecular weight is 309 g/mol. The Hall–Kier alpha value is -2.22. The van der Waals surface area contributed by atoms with Crippen LogP contribution < -0.4 is 10.7 Å². The molecule has 1 atom stereocenters. The summed E-state index contributed by atoms with van der Waals surface area (Å²) in [6, 6.07) is 3.68. The summed E-state index contributed by atoms with van der Waals surface area (Å²) in [4.78, 5) is 35.3. The smallest absolute Gasteiger partial charge is 0.355 e. The Morgan fingerprint density at radius 1 is 1.52 bits per heavy atom. The molecule has 0 aromatic carbocycles. The van der Waals surface area contributed by atoms with Gasteiger partial charge in [0.2, 0.25) is 5.91 Å². The number of ether oxygens (including phenoxy) is 1. The summed E-state index contributed by atoms with van der Waals surface area (Å²) in [5.41, 5.74) is 2.32. The normalized spacial score (nSPS) is 15.7. The molecule has 0 bridgehead atoms. The van der Waals surface area contributed by atoms with E-state index in [1.54, 1.807) is 0 Å². The molecule has 2 rings (SSSR count). The largest absolute Gasteiger partial charge is 0.451 e. The average Bonchev–Trinajstić information content (AvgIpc) is 3.00. The molecule has 1 aliphatic rings. The Morgan fingerprint density at radius 3 is 2.95 bits per heavy atom. The molecule has 2 heterocycles. The zero-order valence-electron chi connectivity index (χ0n) is 11.4. The zero-order chi connectivity index (χ0) is 15.2. The Labute approximate surface area is 125 Å². The third kappa shape index (κ3) is 4.38. The van der Waals surface area contributed by atoms with Gasteiger partial charge in [-0.15, -0.1) is 11.3 Å². The molecule has 0 radical (unpaired) electrons. The van der Waals surface area contributed by atoms with Crippen molar-refractivity contribution in [3.05, 3.63) is 22.4 Å². The van der Waals surface area contributed by atoms with Gasteiger partial charge in [0.1, 0.15) is 5.71 Å². The summed E-state index contributed by atoms with van der Waals surface area (Å²) in [6.07, 6.45) is 0.410. The molecule has 1 aromatic heterocycles. The van der Waals surface area contributed by atoms with Crippen LogP contribution in [-0.2, 0) is 19.1 Å². The van der Waals surface area contributed by atoms with Crippen LogP contribution >= 0.6 is 11.3 Å². The molecule has 0 saturated carbocycles. The first-order chi connectivity index (χ1) is 10.1. The van der Waals surface area contributed by atoms with E-state index in [1.807, 2.05) is 24.4 Å². The first kappa shape index (κ1) is 15.2. The molecule has 7 nitrogen and oxygen atoms in total. The van der Waals surface area contributed by atoms with Crippen LogP contribution in [0.15, 0.2) is 22.6 Å². The van der Waals surface area contributed by atoms with Crippen LogP contribution in [0.1, 0.15) is 30.7 Å². The maximum atomic E-state index is 11.7. The lowest BCUT2D eigenvalue weighted by molar-refractivity contribution is -0.142. The van der Waals surface area contributed by atoms with Crippen molar-refractivity contribution in [3.63, 3.8) is 0 Å². The van der Waals surface area contributed by atoms with Crippen molar-refractivity contribution in [3.8, 4) is 0 Å². The lowest BCUT2D eigenvalue weighted by atomic mass is 10.2. The highest BCUT2D eigenvalue weighted by atomic mass is 32.1. The standard InChI is InChI=1S/C13H15N3O4S/c1-8(10-3-2-6-21-10)14-12(18)7-20-13(19)9-4-5-11(17)16-15-9/h2-3,6,8H,4-5,7H2,1H3,(H,14,18)(H,16,17)/t8-/m1/s1. The fraction of sp³-hybridized carbons (Fsp3) is 0.385. The van der Waals surface area contributed by atoms with Crippen LogP contribution in [0.25, 0.3) is 0 Å². The van der Waals surface area contributed by atoms with E-state index in [2.05, 4.69) is 15.8 Å². The minimum atomic E-state index is -0.686. The lowest BCUT2D eigenvalue weighted by Crippen LogP contribution is -2.34. The number of hydrogen-bond donors (Lipinski definition) is 2. The molecule has 112 valence electrons. The lowest BCUT2D eigenvalue weighted by Gasteiger charge is -2.13. The number of nitrogens with one attached hydrogen (secondary N) is 2. The summed E-state index contributed by atoms with van der Waals surface area (Å²) < 4.78 is 4.87. The van der Waals surface area contributed by atoms with Crippen LogP contribution in [0.3, 0.4) is 0 Å². The molecule has 0 saturated heterocycles. The predicted molar refractivity (Wildman–Crippen MR) is 76.6 cm³/mol. The minimum Gasteiger partial charge on any atom is -0.451 e. The third-order valence-electron chi connectivity index (χ3n) is 2.82. The number of esters is 1. The van der Waals surface area contributed by atoms with Gasteiger partial charge in [-0.1, -0.05) is 6.07 Å². The van der Waals surface area contributed by atoms with E-state index in [-0.39, 0.29) is 43.0 Å². The summed E-state index contributed by atoms with van der Waals surface area (Å²) in [5.74, 6) is -1.31. The molecule has 2 N–H and O–H groups in total. The van der Waals surface area contributed by atoms with Gasteiger partial charge in [-0.3, -0.25) is 9.59 Å². The number of amides is 2. The van der Waals surface area contributed by atoms with E-state index in [9.17, 15) is 14.4 Å². The molecule has 0 unspecified atom stereocenters. The van der Waals surface area contributed by atoms with Crippen molar-refractivity contribution in [1.29, 1.82) is 0 Å². The van der Waals surface area contributed by atoms with E-state index in [1.165, 1.54) is 11.3 Å². The number of hydrazone groups is 1. The second-order valence-corrected chi connectivity index (χ2v) is 5.45. The maximum Gasteiger partial charge on any atom is 0.355 e. The van der Waals surface area contributed by atoms with Crippen LogP contribution in [0.5, 0.6) is 0 Å². The van der Waals surface area contributed by atoms with Crippen LogP contribution in [-0.4, -0.2) is 30.1 Å². The maximum absolute atomic E-state index is 11.7. The van der Waals surface area contributed by atoms with Gasteiger partial charge in [0.15, 0.2) is 6.61 Å². The summed E-state index contributed by atoms with van der Waals surface area (Å²) in [5, 5.41) is 8.26.